The molecule has 0 spiro atoms. The van der Waals surface area contributed by atoms with Gasteiger partial charge >= 0.3 is 0 Å². The molecule has 1 N–H and O–H groups in total. The smallest absolute Gasteiger partial charge is 0.130 e. The number of rotatable bonds is 3. The van der Waals surface area contributed by atoms with E-state index in [0.717, 1.165) is 32.2 Å². The van der Waals surface area contributed by atoms with E-state index in [1.807, 2.05) is 4.90 Å². The summed E-state index contributed by atoms with van der Waals surface area (Å²) in [5.74, 6) is -1.01. The van der Waals surface area contributed by atoms with E-state index >= 15 is 0 Å². The first-order chi connectivity index (χ1) is 8.72. The van der Waals surface area contributed by atoms with Gasteiger partial charge in [-0.3, -0.25) is 4.90 Å². The van der Waals surface area contributed by atoms with E-state index in [9.17, 15) is 13.9 Å². The number of hydrogen-bond donors (Lipinski definition) is 1. The molecule has 1 unspecified atom stereocenters. The molecule has 18 heavy (non-hydrogen) atoms. The molecule has 0 saturated carbocycles. The first kappa shape index (κ1) is 13.4. The average molecular weight is 255 g/mol. The summed E-state index contributed by atoms with van der Waals surface area (Å²) >= 11 is 0. The quantitative estimate of drug-likeness (QED) is 0.897. The third-order valence-corrected chi connectivity index (χ3v) is 3.63. The zero-order chi connectivity index (χ0) is 13.0. The number of halogens is 2. The molecule has 4 heteroatoms. The highest BCUT2D eigenvalue weighted by Crippen LogP contribution is 2.21. The monoisotopic (exact) mass is 255 g/mol. The molecular formula is C14H19F2NO. The molecule has 1 aliphatic rings. The lowest BCUT2D eigenvalue weighted by Crippen LogP contribution is -2.37. The first-order valence-electron chi connectivity index (χ1n) is 6.50. The number of aliphatic hydroxyl groups is 1. The van der Waals surface area contributed by atoms with Crippen molar-refractivity contribution in [3.05, 3.63) is 35.4 Å². The summed E-state index contributed by atoms with van der Waals surface area (Å²) < 4.78 is 27.2. The maximum absolute atomic E-state index is 13.6. The number of likely N-dealkylation sites (tertiary alicyclic amines) is 1. The Kier molecular flexibility index (Phi) is 4.66. The third-order valence-electron chi connectivity index (χ3n) is 3.63. The van der Waals surface area contributed by atoms with E-state index in [2.05, 4.69) is 0 Å². The van der Waals surface area contributed by atoms with Crippen LogP contribution in [0.2, 0.25) is 0 Å². The van der Waals surface area contributed by atoms with Gasteiger partial charge in [-0.1, -0.05) is 18.9 Å². The summed E-state index contributed by atoms with van der Waals surface area (Å²) in [4.78, 5) is 1.99. The van der Waals surface area contributed by atoms with Gasteiger partial charge in [0.05, 0.1) is 6.61 Å². The molecule has 2 nitrogen and oxygen atoms in total. The van der Waals surface area contributed by atoms with E-state index in [-0.39, 0.29) is 24.8 Å². The van der Waals surface area contributed by atoms with Crippen molar-refractivity contribution in [2.75, 3.05) is 13.2 Å². The molecule has 1 saturated heterocycles. The molecule has 1 fully saturated rings. The summed E-state index contributed by atoms with van der Waals surface area (Å²) in [5, 5.41) is 9.37. The second-order valence-electron chi connectivity index (χ2n) is 4.86. The molecule has 1 aromatic rings. The Morgan fingerprint density at radius 2 is 1.89 bits per heavy atom. The van der Waals surface area contributed by atoms with Gasteiger partial charge in [-0.25, -0.2) is 8.78 Å². The summed E-state index contributed by atoms with van der Waals surface area (Å²) in [5.41, 5.74) is 0.109. The zero-order valence-electron chi connectivity index (χ0n) is 10.4. The molecule has 0 amide bonds. The van der Waals surface area contributed by atoms with Gasteiger partial charge in [0, 0.05) is 18.2 Å². The van der Waals surface area contributed by atoms with Crippen LogP contribution in [-0.2, 0) is 6.54 Å². The molecule has 1 aromatic carbocycles. The maximum Gasteiger partial charge on any atom is 0.130 e. The van der Waals surface area contributed by atoms with Crippen LogP contribution in [0.1, 0.15) is 31.2 Å². The molecule has 0 aliphatic carbocycles. The summed E-state index contributed by atoms with van der Waals surface area (Å²) in [6.07, 6.45) is 4.10. The lowest BCUT2D eigenvalue weighted by Gasteiger charge is -2.28. The fourth-order valence-corrected chi connectivity index (χ4v) is 2.54. The molecule has 2 rings (SSSR count). The van der Waals surface area contributed by atoms with Crippen LogP contribution in [0.5, 0.6) is 0 Å². The minimum absolute atomic E-state index is 0.0199. The van der Waals surface area contributed by atoms with Crippen LogP contribution in [0.4, 0.5) is 8.78 Å². The van der Waals surface area contributed by atoms with Gasteiger partial charge in [0.2, 0.25) is 0 Å². The molecule has 0 aromatic heterocycles. The summed E-state index contributed by atoms with van der Waals surface area (Å²) in [6.45, 7) is 1.08. The first-order valence-corrected chi connectivity index (χ1v) is 6.50. The van der Waals surface area contributed by atoms with Gasteiger partial charge in [-0.05, 0) is 31.5 Å². The lowest BCUT2D eigenvalue weighted by molar-refractivity contribution is 0.116. The van der Waals surface area contributed by atoms with Gasteiger partial charge < -0.3 is 5.11 Å². The number of benzene rings is 1. The topological polar surface area (TPSA) is 23.5 Å². The minimum Gasteiger partial charge on any atom is -0.395 e. The Hall–Kier alpha value is -1.00. The van der Waals surface area contributed by atoms with Crippen molar-refractivity contribution in [2.24, 2.45) is 0 Å². The highest BCUT2D eigenvalue weighted by molar-refractivity contribution is 5.19. The Balaban J connectivity index is 2.15. The van der Waals surface area contributed by atoms with Crippen molar-refractivity contribution in [3.8, 4) is 0 Å². The Morgan fingerprint density at radius 3 is 2.56 bits per heavy atom. The largest absolute Gasteiger partial charge is 0.395 e. The van der Waals surface area contributed by atoms with Crippen molar-refractivity contribution in [1.29, 1.82) is 0 Å². The normalized spacial score (nSPS) is 21.8. The predicted octanol–water partition coefficient (Wildman–Crippen LogP) is 2.70. The molecule has 0 radical (unpaired) electrons. The van der Waals surface area contributed by atoms with Crippen LogP contribution in [0.15, 0.2) is 18.2 Å². The Bertz CT molecular complexity index is 377. The van der Waals surface area contributed by atoms with E-state index < -0.39 is 11.6 Å². The van der Waals surface area contributed by atoms with Gasteiger partial charge in [0.25, 0.3) is 0 Å². The number of hydrogen-bond acceptors (Lipinski definition) is 2. The second kappa shape index (κ2) is 6.25. The van der Waals surface area contributed by atoms with E-state index in [0.29, 0.717) is 0 Å². The van der Waals surface area contributed by atoms with E-state index in [1.54, 1.807) is 0 Å². The fourth-order valence-electron chi connectivity index (χ4n) is 2.54. The van der Waals surface area contributed by atoms with Gasteiger partial charge in [0.1, 0.15) is 11.6 Å². The summed E-state index contributed by atoms with van der Waals surface area (Å²) in [7, 11) is 0. The van der Waals surface area contributed by atoms with E-state index in [4.69, 9.17) is 0 Å². The van der Waals surface area contributed by atoms with Crippen LogP contribution in [0, 0.1) is 11.6 Å². The molecule has 1 heterocycles. The van der Waals surface area contributed by atoms with Crippen molar-refractivity contribution < 1.29 is 13.9 Å². The maximum atomic E-state index is 13.6. The van der Waals surface area contributed by atoms with Crippen molar-refractivity contribution >= 4 is 0 Å². The predicted molar refractivity (Wildman–Crippen MR) is 66.1 cm³/mol. The molecule has 100 valence electrons. The standard InChI is InChI=1S/C14H19F2NO/c15-13-6-4-7-14(16)12(13)9-17-8-3-1-2-5-11(17)10-18/h4,6-7,11,18H,1-3,5,8-10H2. The SMILES string of the molecule is OCC1CCCCCN1Cc1c(F)cccc1F. The van der Waals surface area contributed by atoms with Crippen molar-refractivity contribution in [3.63, 3.8) is 0 Å². The lowest BCUT2D eigenvalue weighted by atomic mass is 10.1. The average Bonchev–Trinajstić information content (AvgIpc) is 2.59. The molecule has 1 aliphatic heterocycles. The number of nitrogens with zero attached hydrogens (tertiary/aromatic N) is 1. The van der Waals surface area contributed by atoms with Gasteiger partial charge in [-0.2, -0.15) is 0 Å². The zero-order valence-corrected chi connectivity index (χ0v) is 10.4. The van der Waals surface area contributed by atoms with Gasteiger partial charge in [0.15, 0.2) is 0 Å². The molecule has 1 atom stereocenters. The minimum atomic E-state index is -0.504. The second-order valence-corrected chi connectivity index (χ2v) is 4.86. The van der Waals surface area contributed by atoms with Crippen LogP contribution in [0.3, 0.4) is 0 Å². The van der Waals surface area contributed by atoms with Crippen LogP contribution in [-0.4, -0.2) is 29.2 Å². The molecule has 0 bridgehead atoms. The highest BCUT2D eigenvalue weighted by atomic mass is 19.1. The van der Waals surface area contributed by atoms with Crippen molar-refractivity contribution in [1.82, 2.24) is 4.90 Å². The summed E-state index contributed by atoms with van der Waals surface area (Å²) in [6, 6.07) is 3.96. The Morgan fingerprint density at radius 1 is 1.17 bits per heavy atom. The fraction of sp³-hybridized carbons (Fsp3) is 0.571. The Labute approximate surface area is 106 Å². The van der Waals surface area contributed by atoms with Crippen molar-refractivity contribution in [2.45, 2.75) is 38.3 Å². The highest BCUT2D eigenvalue weighted by Gasteiger charge is 2.22. The third kappa shape index (κ3) is 3.06. The van der Waals surface area contributed by atoms with Gasteiger partial charge in [-0.15, -0.1) is 0 Å². The molecular weight excluding hydrogens is 236 g/mol. The van der Waals surface area contributed by atoms with Crippen LogP contribution < -0.4 is 0 Å². The van der Waals surface area contributed by atoms with Crippen LogP contribution in [0.25, 0.3) is 0 Å². The van der Waals surface area contributed by atoms with Crippen LogP contribution >= 0.6 is 0 Å². The van der Waals surface area contributed by atoms with E-state index in [1.165, 1.54) is 18.2 Å². The number of aliphatic hydroxyl groups excluding tert-OH is 1.